The third kappa shape index (κ3) is 10.3. The Morgan fingerprint density at radius 1 is 0.848 bits per heavy atom. The van der Waals surface area contributed by atoms with Gasteiger partial charge in [0.15, 0.2) is 0 Å². The number of ether oxygens (including phenoxy) is 1. The summed E-state index contributed by atoms with van der Waals surface area (Å²) >= 11 is 1.70. The number of quaternary nitrogens is 1. The zero-order chi connectivity index (χ0) is 22.9. The van der Waals surface area contributed by atoms with Gasteiger partial charge in [0, 0.05) is 4.75 Å². The maximum Gasteiger partial charge on any atom is 0.417 e. The van der Waals surface area contributed by atoms with Crippen LogP contribution in [0.1, 0.15) is 110 Å². The smallest absolute Gasteiger partial charge is 0.417 e. The van der Waals surface area contributed by atoms with Gasteiger partial charge in [0.25, 0.3) is 0 Å². The summed E-state index contributed by atoms with van der Waals surface area (Å²) in [6.07, 6.45) is 21.8. The Hall–Kier alpha value is 0.0600. The molecule has 0 saturated heterocycles. The van der Waals surface area contributed by atoms with E-state index in [1.54, 1.807) is 11.9 Å². The molecule has 0 unspecified atom stereocenters. The fourth-order valence-corrected chi connectivity index (χ4v) is 8.18. The SMILES string of the molecule is CCCCCCCCCCCC[N+](C)(C)CCOC(=O)NSC12CC3CC(CC(C3)C1)C2.[Br-]. The van der Waals surface area contributed by atoms with Crippen LogP contribution in [-0.4, -0.2) is 49.1 Å². The minimum Gasteiger partial charge on any atom is -1.00 e. The van der Waals surface area contributed by atoms with E-state index in [1.165, 1.54) is 109 Å². The number of hydrogen-bond donors (Lipinski definition) is 1. The molecule has 0 aliphatic heterocycles. The van der Waals surface area contributed by atoms with Crippen molar-refractivity contribution in [2.75, 3.05) is 33.8 Å². The molecule has 0 atom stereocenters. The third-order valence-corrected chi connectivity index (χ3v) is 9.58. The Morgan fingerprint density at radius 2 is 1.33 bits per heavy atom. The molecule has 0 spiro atoms. The van der Waals surface area contributed by atoms with Crippen LogP contribution in [0.15, 0.2) is 0 Å². The van der Waals surface area contributed by atoms with Crippen molar-refractivity contribution in [2.24, 2.45) is 17.8 Å². The van der Waals surface area contributed by atoms with Crippen LogP contribution in [0.4, 0.5) is 4.79 Å². The molecule has 33 heavy (non-hydrogen) atoms. The van der Waals surface area contributed by atoms with Crippen LogP contribution in [0, 0.1) is 17.8 Å². The minimum atomic E-state index is -0.232. The molecule has 0 radical (unpaired) electrons. The van der Waals surface area contributed by atoms with E-state index < -0.39 is 0 Å². The lowest BCUT2D eigenvalue weighted by Gasteiger charge is -2.55. The van der Waals surface area contributed by atoms with Gasteiger partial charge in [0.05, 0.1) is 20.6 Å². The number of carbonyl (C=O) groups is 1. The first-order valence-corrected chi connectivity index (χ1v) is 14.6. The summed E-state index contributed by atoms with van der Waals surface area (Å²) in [5.41, 5.74) is 0. The van der Waals surface area contributed by atoms with E-state index in [0.717, 1.165) is 28.8 Å². The summed E-state index contributed by atoms with van der Waals surface area (Å²) in [4.78, 5) is 12.3. The first kappa shape index (κ1) is 29.3. The van der Waals surface area contributed by atoms with Crippen LogP contribution < -0.4 is 21.7 Å². The molecule has 1 N–H and O–H groups in total. The van der Waals surface area contributed by atoms with Crippen molar-refractivity contribution in [3.63, 3.8) is 0 Å². The van der Waals surface area contributed by atoms with E-state index in [2.05, 4.69) is 25.7 Å². The molecule has 6 heteroatoms. The third-order valence-electron chi connectivity index (χ3n) is 8.38. The highest BCUT2D eigenvalue weighted by molar-refractivity contribution is 7.99. The van der Waals surface area contributed by atoms with Crippen LogP contribution in [0.2, 0.25) is 0 Å². The molecule has 4 fully saturated rings. The number of amides is 1. The van der Waals surface area contributed by atoms with Crippen molar-refractivity contribution >= 4 is 18.0 Å². The largest absolute Gasteiger partial charge is 1.00 e. The first-order valence-electron chi connectivity index (χ1n) is 13.8. The van der Waals surface area contributed by atoms with Crippen molar-refractivity contribution in [3.05, 3.63) is 0 Å². The second kappa shape index (κ2) is 14.6. The number of unbranched alkanes of at least 4 members (excludes halogenated alkanes) is 9. The lowest BCUT2D eigenvalue weighted by molar-refractivity contribution is -0.890. The van der Waals surface area contributed by atoms with Crippen LogP contribution in [-0.2, 0) is 4.74 Å². The van der Waals surface area contributed by atoms with Crippen LogP contribution in [0.5, 0.6) is 0 Å². The molecule has 0 aromatic heterocycles. The summed E-state index contributed by atoms with van der Waals surface area (Å²) in [5.74, 6) is 2.74. The maximum absolute atomic E-state index is 12.3. The van der Waals surface area contributed by atoms with Crippen molar-refractivity contribution in [3.8, 4) is 0 Å². The molecule has 4 bridgehead atoms. The van der Waals surface area contributed by atoms with E-state index in [1.807, 2.05) is 0 Å². The summed E-state index contributed by atoms with van der Waals surface area (Å²) in [5, 5.41) is 0. The van der Waals surface area contributed by atoms with Gasteiger partial charge in [0.1, 0.15) is 13.2 Å². The molecule has 4 aliphatic carbocycles. The topological polar surface area (TPSA) is 38.3 Å². The Kier molecular flexibility index (Phi) is 12.9. The van der Waals surface area contributed by atoms with Crippen molar-refractivity contribution in [1.82, 2.24) is 4.72 Å². The minimum absolute atomic E-state index is 0. The zero-order valence-corrected chi connectivity index (χ0v) is 24.1. The summed E-state index contributed by atoms with van der Waals surface area (Å²) in [6.45, 7) is 4.86. The number of nitrogens with one attached hydrogen (secondary N) is 1. The fourth-order valence-electron chi connectivity index (χ4n) is 6.86. The molecule has 4 nitrogen and oxygen atoms in total. The van der Waals surface area contributed by atoms with Gasteiger partial charge in [-0.1, -0.05) is 58.3 Å². The van der Waals surface area contributed by atoms with Gasteiger partial charge in [-0.25, -0.2) is 4.79 Å². The predicted molar refractivity (Wildman–Crippen MR) is 137 cm³/mol. The Bertz CT molecular complexity index is 537. The Morgan fingerprint density at radius 3 is 1.85 bits per heavy atom. The number of likely N-dealkylation sites (N-methyl/N-ethyl adjacent to an activating group) is 1. The molecule has 4 aliphatic rings. The summed E-state index contributed by atoms with van der Waals surface area (Å²) in [6, 6.07) is 0. The Labute approximate surface area is 219 Å². The molecule has 0 aromatic carbocycles. The van der Waals surface area contributed by atoms with Crippen LogP contribution in [0.25, 0.3) is 0 Å². The van der Waals surface area contributed by atoms with Gasteiger partial charge in [0.2, 0.25) is 0 Å². The van der Waals surface area contributed by atoms with Crippen molar-refractivity contribution in [1.29, 1.82) is 0 Å². The van der Waals surface area contributed by atoms with Crippen LogP contribution in [0.3, 0.4) is 0 Å². The molecular formula is C27H51BrN2O2S. The average molecular weight is 548 g/mol. The Balaban J connectivity index is 0.00000385. The monoisotopic (exact) mass is 546 g/mol. The maximum atomic E-state index is 12.3. The fraction of sp³-hybridized carbons (Fsp3) is 0.963. The van der Waals surface area contributed by atoms with Crippen molar-refractivity contribution < 1.29 is 31.0 Å². The number of carbonyl (C=O) groups excluding carboxylic acids is 1. The second-order valence-electron chi connectivity index (χ2n) is 12.0. The number of halogens is 1. The number of rotatable bonds is 16. The number of nitrogens with zero attached hydrogens (tertiary/aromatic N) is 1. The summed E-state index contributed by atoms with van der Waals surface area (Å²) < 4.78 is 9.86. The molecule has 1 amide bonds. The average Bonchev–Trinajstić information content (AvgIpc) is 2.72. The highest BCUT2D eigenvalue weighted by Crippen LogP contribution is 2.60. The molecule has 194 valence electrons. The lowest BCUT2D eigenvalue weighted by Crippen LogP contribution is -3.00. The highest BCUT2D eigenvalue weighted by Gasteiger charge is 2.51. The van der Waals surface area contributed by atoms with Crippen LogP contribution >= 0.6 is 11.9 Å². The zero-order valence-electron chi connectivity index (χ0n) is 21.7. The molecule has 4 saturated carbocycles. The summed E-state index contributed by atoms with van der Waals surface area (Å²) in [7, 11) is 4.53. The molecule has 0 heterocycles. The molecular weight excluding hydrogens is 496 g/mol. The van der Waals surface area contributed by atoms with E-state index in [4.69, 9.17) is 4.74 Å². The highest BCUT2D eigenvalue weighted by atomic mass is 79.9. The number of hydrogen-bond acceptors (Lipinski definition) is 3. The normalized spacial score (nSPS) is 27.9. The van der Waals surface area contributed by atoms with Gasteiger partial charge in [-0.15, -0.1) is 0 Å². The van der Waals surface area contributed by atoms with E-state index >= 15 is 0 Å². The van der Waals surface area contributed by atoms with E-state index in [9.17, 15) is 4.79 Å². The first-order chi connectivity index (χ1) is 15.4. The van der Waals surface area contributed by atoms with Gasteiger partial charge < -0.3 is 26.2 Å². The van der Waals surface area contributed by atoms with Gasteiger partial charge in [-0.05, 0) is 81.1 Å². The molecule has 0 aromatic rings. The molecule has 4 rings (SSSR count). The predicted octanol–water partition coefficient (Wildman–Crippen LogP) is 4.33. The lowest BCUT2D eigenvalue weighted by atomic mass is 9.56. The van der Waals surface area contributed by atoms with E-state index in [0.29, 0.717) is 11.4 Å². The quantitative estimate of drug-likeness (QED) is 0.178. The van der Waals surface area contributed by atoms with E-state index in [-0.39, 0.29) is 23.1 Å². The second-order valence-corrected chi connectivity index (χ2v) is 13.3. The standard InChI is InChI=1S/C27H50N2O2S.BrH/c1-4-5-6-7-8-9-10-11-12-13-14-29(2,3)15-16-31-26(30)28-32-27-20-23-17-24(21-27)19-25(18-23)22-27;/h23-25H,4-22H2,1-3H3;1H. The van der Waals surface area contributed by atoms with Gasteiger partial charge in [-0.3, -0.25) is 4.72 Å². The van der Waals surface area contributed by atoms with Crippen molar-refractivity contribution in [2.45, 2.75) is 114 Å². The van der Waals surface area contributed by atoms with Gasteiger partial charge in [-0.2, -0.15) is 0 Å². The van der Waals surface area contributed by atoms with Gasteiger partial charge >= 0.3 is 6.09 Å².